The first-order valence-corrected chi connectivity index (χ1v) is 4.14. The van der Waals surface area contributed by atoms with Crippen LogP contribution in [0.25, 0.3) is 0 Å². The van der Waals surface area contributed by atoms with Crippen LogP contribution in [0.15, 0.2) is 22.8 Å². The molecule has 3 heteroatoms. The normalized spacial score (nSPS) is 13.5. The highest BCUT2D eigenvalue weighted by Crippen LogP contribution is 1.98. The molecule has 10 heavy (non-hydrogen) atoms. The Hall–Kier alpha value is -0.190. The molecule has 56 valence electrons. The standard InChI is InChI=1S/C7H11IN2/c1-4-6(10-5-2)7(8)9-3/h5H,2,4H2,1,3H3. The molecule has 0 heterocycles. The van der Waals surface area contributed by atoms with Gasteiger partial charge in [-0.15, -0.1) is 0 Å². The predicted octanol–water partition coefficient (Wildman–Crippen LogP) is 2.44. The van der Waals surface area contributed by atoms with Crippen molar-refractivity contribution in [3.05, 3.63) is 12.8 Å². The molecule has 0 unspecified atom stereocenters. The summed E-state index contributed by atoms with van der Waals surface area (Å²) in [5.41, 5.74) is 0.998. The van der Waals surface area contributed by atoms with Gasteiger partial charge in [0.05, 0.1) is 5.71 Å². The number of hydrogen-bond donors (Lipinski definition) is 0. The molecule has 0 aromatic rings. The molecule has 0 N–H and O–H groups in total. The highest BCUT2D eigenvalue weighted by atomic mass is 127. The highest BCUT2D eigenvalue weighted by Gasteiger charge is 1.98. The number of hydrogen-bond acceptors (Lipinski definition) is 2. The summed E-state index contributed by atoms with van der Waals surface area (Å²) in [6.45, 7) is 5.57. The smallest absolute Gasteiger partial charge is 0.116 e. The average Bonchev–Trinajstić information content (AvgIpc) is 1.99. The van der Waals surface area contributed by atoms with E-state index in [1.807, 2.05) is 6.92 Å². The van der Waals surface area contributed by atoms with E-state index in [0.29, 0.717) is 0 Å². The van der Waals surface area contributed by atoms with Crippen molar-refractivity contribution >= 4 is 32.0 Å². The molecule has 0 saturated carbocycles. The lowest BCUT2D eigenvalue weighted by atomic mass is 10.3. The van der Waals surface area contributed by atoms with E-state index in [1.165, 1.54) is 0 Å². The molecular weight excluding hydrogens is 239 g/mol. The molecule has 0 spiro atoms. The summed E-state index contributed by atoms with van der Waals surface area (Å²) in [5.74, 6) is 0. The van der Waals surface area contributed by atoms with Crippen molar-refractivity contribution in [2.75, 3.05) is 7.05 Å². The third-order valence-corrected chi connectivity index (χ3v) is 2.12. The van der Waals surface area contributed by atoms with Gasteiger partial charge in [0.15, 0.2) is 0 Å². The van der Waals surface area contributed by atoms with Crippen LogP contribution in [-0.4, -0.2) is 16.5 Å². The second kappa shape index (κ2) is 5.58. The SMILES string of the molecule is C=CN=C(CC)C(I)=NC. The fourth-order valence-electron chi connectivity index (χ4n) is 0.530. The van der Waals surface area contributed by atoms with E-state index in [9.17, 15) is 0 Å². The summed E-state index contributed by atoms with van der Waals surface area (Å²) < 4.78 is 0.958. The number of halogens is 1. The van der Waals surface area contributed by atoms with Crippen LogP contribution in [0.4, 0.5) is 0 Å². The molecule has 0 atom stereocenters. The van der Waals surface area contributed by atoms with Gasteiger partial charge in [-0.05, 0) is 29.0 Å². The number of aliphatic imine (C=N–C) groups is 2. The molecule has 0 bridgehead atoms. The van der Waals surface area contributed by atoms with Crippen LogP contribution in [0.1, 0.15) is 13.3 Å². The second-order valence-corrected chi connectivity index (χ2v) is 2.65. The zero-order chi connectivity index (χ0) is 7.98. The molecular formula is C7H11IN2. The lowest BCUT2D eigenvalue weighted by Gasteiger charge is -1.96. The van der Waals surface area contributed by atoms with Crippen LogP contribution in [0.3, 0.4) is 0 Å². The minimum Gasteiger partial charge on any atom is -0.280 e. The molecule has 0 radical (unpaired) electrons. The molecule has 0 fully saturated rings. The Labute approximate surface area is 75.3 Å². The fraction of sp³-hybridized carbons (Fsp3) is 0.429. The van der Waals surface area contributed by atoms with Gasteiger partial charge in [-0.1, -0.05) is 13.5 Å². The summed E-state index contributed by atoms with van der Waals surface area (Å²) in [4.78, 5) is 8.06. The Morgan fingerprint density at radius 1 is 1.70 bits per heavy atom. The van der Waals surface area contributed by atoms with Crippen molar-refractivity contribution < 1.29 is 0 Å². The molecule has 0 amide bonds. The van der Waals surface area contributed by atoms with Crippen molar-refractivity contribution in [2.24, 2.45) is 9.98 Å². The van der Waals surface area contributed by atoms with Crippen LogP contribution in [-0.2, 0) is 0 Å². The molecule has 0 aliphatic heterocycles. The Morgan fingerprint density at radius 2 is 2.30 bits per heavy atom. The van der Waals surface area contributed by atoms with Gasteiger partial charge >= 0.3 is 0 Å². The summed E-state index contributed by atoms with van der Waals surface area (Å²) in [6, 6.07) is 0. The summed E-state index contributed by atoms with van der Waals surface area (Å²) in [6.07, 6.45) is 2.45. The van der Waals surface area contributed by atoms with E-state index in [0.717, 1.165) is 15.9 Å². The van der Waals surface area contributed by atoms with Gasteiger partial charge in [-0.25, -0.2) is 0 Å². The maximum atomic E-state index is 4.06. The van der Waals surface area contributed by atoms with E-state index in [2.05, 4.69) is 39.2 Å². The number of rotatable bonds is 3. The lowest BCUT2D eigenvalue weighted by Crippen LogP contribution is -2.04. The third-order valence-electron chi connectivity index (χ3n) is 1.02. The molecule has 0 aliphatic carbocycles. The Bertz CT molecular complexity index is 170. The molecule has 0 aromatic carbocycles. The van der Waals surface area contributed by atoms with Crippen LogP contribution < -0.4 is 0 Å². The third kappa shape index (κ3) is 3.10. The van der Waals surface area contributed by atoms with Gasteiger partial charge in [0.2, 0.25) is 0 Å². The molecule has 0 rings (SSSR count). The molecule has 0 aliphatic rings. The van der Waals surface area contributed by atoms with E-state index in [-0.39, 0.29) is 0 Å². The molecule has 0 saturated heterocycles. The first kappa shape index (κ1) is 9.81. The van der Waals surface area contributed by atoms with E-state index in [1.54, 1.807) is 13.2 Å². The van der Waals surface area contributed by atoms with E-state index >= 15 is 0 Å². The molecule has 0 aromatic heterocycles. The summed E-state index contributed by atoms with van der Waals surface area (Å²) >= 11 is 2.16. The van der Waals surface area contributed by atoms with Gasteiger partial charge in [0.1, 0.15) is 3.72 Å². The van der Waals surface area contributed by atoms with Gasteiger partial charge in [-0.2, -0.15) is 0 Å². The van der Waals surface area contributed by atoms with Crippen molar-refractivity contribution in [3.63, 3.8) is 0 Å². The van der Waals surface area contributed by atoms with Gasteiger partial charge in [-0.3, -0.25) is 9.98 Å². The second-order valence-electron chi connectivity index (χ2n) is 1.63. The largest absolute Gasteiger partial charge is 0.280 e. The molecule has 2 nitrogen and oxygen atoms in total. The average molecular weight is 250 g/mol. The van der Waals surface area contributed by atoms with Gasteiger partial charge < -0.3 is 0 Å². The monoisotopic (exact) mass is 250 g/mol. The highest BCUT2D eigenvalue weighted by molar-refractivity contribution is 14.1. The predicted molar refractivity (Wildman–Crippen MR) is 55.3 cm³/mol. The maximum absolute atomic E-state index is 4.06. The summed E-state index contributed by atoms with van der Waals surface area (Å²) in [7, 11) is 1.76. The zero-order valence-electron chi connectivity index (χ0n) is 6.26. The maximum Gasteiger partial charge on any atom is 0.116 e. The first-order chi connectivity index (χ1) is 4.76. The van der Waals surface area contributed by atoms with E-state index < -0.39 is 0 Å². The Morgan fingerprint density at radius 3 is 2.60 bits per heavy atom. The van der Waals surface area contributed by atoms with Crippen LogP contribution in [0.2, 0.25) is 0 Å². The first-order valence-electron chi connectivity index (χ1n) is 3.06. The minimum absolute atomic E-state index is 0.904. The van der Waals surface area contributed by atoms with Gasteiger partial charge in [0, 0.05) is 13.2 Å². The Kier molecular flexibility index (Phi) is 5.48. The van der Waals surface area contributed by atoms with Crippen molar-refractivity contribution in [3.8, 4) is 0 Å². The van der Waals surface area contributed by atoms with E-state index in [4.69, 9.17) is 0 Å². The van der Waals surface area contributed by atoms with Crippen LogP contribution in [0, 0.1) is 0 Å². The van der Waals surface area contributed by atoms with Crippen molar-refractivity contribution in [1.29, 1.82) is 0 Å². The minimum atomic E-state index is 0.904. The van der Waals surface area contributed by atoms with Crippen LogP contribution >= 0.6 is 22.6 Å². The topological polar surface area (TPSA) is 24.7 Å². The zero-order valence-corrected chi connectivity index (χ0v) is 8.42. The van der Waals surface area contributed by atoms with Crippen molar-refractivity contribution in [1.82, 2.24) is 0 Å². The van der Waals surface area contributed by atoms with Crippen molar-refractivity contribution in [2.45, 2.75) is 13.3 Å². The lowest BCUT2D eigenvalue weighted by molar-refractivity contribution is 1.29. The fourth-order valence-corrected chi connectivity index (χ4v) is 1.05. The summed E-state index contributed by atoms with van der Waals surface area (Å²) in [5, 5.41) is 0. The Balaban J connectivity index is 4.35. The quantitative estimate of drug-likeness (QED) is 0.543. The number of nitrogens with zero attached hydrogens (tertiary/aromatic N) is 2. The van der Waals surface area contributed by atoms with Crippen LogP contribution in [0.5, 0.6) is 0 Å². The van der Waals surface area contributed by atoms with Gasteiger partial charge in [0.25, 0.3) is 0 Å².